The van der Waals surface area contributed by atoms with Gasteiger partial charge in [0.2, 0.25) is 10.0 Å². The van der Waals surface area contributed by atoms with Crippen LogP contribution in [0, 0.1) is 12.7 Å². The van der Waals surface area contributed by atoms with E-state index in [1.807, 2.05) is 31.2 Å². The Morgan fingerprint density at radius 2 is 1.66 bits per heavy atom. The minimum atomic E-state index is -3.75. The highest BCUT2D eigenvalue weighted by Crippen LogP contribution is 2.25. The zero-order chi connectivity index (χ0) is 20.6. The van der Waals surface area contributed by atoms with Gasteiger partial charge in [-0.15, -0.1) is 0 Å². The van der Waals surface area contributed by atoms with E-state index in [1.54, 1.807) is 4.90 Å². The summed E-state index contributed by atoms with van der Waals surface area (Å²) in [6, 6.07) is 12.1. The minimum Gasteiger partial charge on any atom is -0.369 e. The van der Waals surface area contributed by atoms with Gasteiger partial charge < -0.3 is 15.0 Å². The van der Waals surface area contributed by atoms with Gasteiger partial charge in [0.15, 0.2) is 0 Å². The predicted molar refractivity (Wildman–Crippen MR) is 106 cm³/mol. The first kappa shape index (κ1) is 19.8. The lowest BCUT2D eigenvalue weighted by molar-refractivity contribution is -0.110. The number of rotatable bonds is 3. The summed E-state index contributed by atoms with van der Waals surface area (Å²) in [7, 11) is -3.75. The van der Waals surface area contributed by atoms with E-state index in [9.17, 15) is 17.6 Å². The second-order valence-corrected chi connectivity index (χ2v) is 9.24. The fraction of sp³-hybridized carbons (Fsp3) is 0.350. The number of sulfonamides is 1. The molecule has 1 N–H and O–H groups in total. The summed E-state index contributed by atoms with van der Waals surface area (Å²) >= 11 is 0. The molecule has 0 radical (unpaired) electrons. The number of fused-ring (bicyclic) bond motifs is 2. The van der Waals surface area contributed by atoms with Crippen LogP contribution in [0.25, 0.3) is 0 Å². The van der Waals surface area contributed by atoms with Crippen molar-refractivity contribution >= 4 is 21.7 Å². The highest BCUT2D eigenvalue weighted by Gasteiger charge is 2.41. The van der Waals surface area contributed by atoms with Gasteiger partial charge in [0.1, 0.15) is 5.82 Å². The number of ether oxygens (including phenoxy) is 1. The average molecular weight is 419 g/mol. The molecule has 2 atom stereocenters. The molecule has 9 heteroatoms. The molecule has 2 aliphatic heterocycles. The van der Waals surface area contributed by atoms with Crippen LogP contribution in [-0.4, -0.2) is 62.0 Å². The molecule has 2 unspecified atom stereocenters. The third-order valence-electron chi connectivity index (χ3n) is 5.17. The molecule has 2 bridgehead atoms. The molecule has 2 aliphatic rings. The predicted octanol–water partition coefficient (Wildman–Crippen LogP) is 2.44. The number of carbonyl (C=O) groups is 1. The SMILES string of the molecule is Cc1ccccc1NC(=O)N1CC2CN(S(=O)(=O)c3ccc(F)cc3)CC(C1)O2. The van der Waals surface area contributed by atoms with Crippen LogP contribution in [-0.2, 0) is 14.8 Å². The number of aryl methyl sites for hydroxylation is 1. The Bertz CT molecular complexity index is 999. The number of morpholine rings is 2. The monoisotopic (exact) mass is 419 g/mol. The quantitative estimate of drug-likeness (QED) is 0.829. The van der Waals surface area contributed by atoms with Crippen LogP contribution in [0.2, 0.25) is 0 Å². The molecule has 0 saturated carbocycles. The van der Waals surface area contributed by atoms with E-state index in [0.29, 0.717) is 13.1 Å². The van der Waals surface area contributed by atoms with E-state index in [0.717, 1.165) is 23.4 Å². The van der Waals surface area contributed by atoms with Crippen molar-refractivity contribution in [2.45, 2.75) is 24.0 Å². The maximum Gasteiger partial charge on any atom is 0.322 e. The summed E-state index contributed by atoms with van der Waals surface area (Å²) in [5.41, 5.74) is 1.71. The van der Waals surface area contributed by atoms with Gasteiger partial charge in [0, 0.05) is 18.8 Å². The number of hydrogen-bond acceptors (Lipinski definition) is 4. The summed E-state index contributed by atoms with van der Waals surface area (Å²) in [6.45, 7) is 2.80. The number of benzene rings is 2. The van der Waals surface area contributed by atoms with Gasteiger partial charge in [-0.2, -0.15) is 4.31 Å². The number of carbonyl (C=O) groups excluding carboxylic acids is 1. The number of amides is 2. The minimum absolute atomic E-state index is 0.0491. The van der Waals surface area contributed by atoms with Crippen molar-refractivity contribution in [3.63, 3.8) is 0 Å². The third kappa shape index (κ3) is 4.12. The number of halogens is 1. The molecule has 154 valence electrons. The van der Waals surface area contributed by atoms with Crippen LogP contribution in [0.4, 0.5) is 14.9 Å². The maximum absolute atomic E-state index is 13.1. The molecule has 2 amide bonds. The Morgan fingerprint density at radius 1 is 1.03 bits per heavy atom. The first-order valence-electron chi connectivity index (χ1n) is 9.35. The molecule has 29 heavy (non-hydrogen) atoms. The van der Waals surface area contributed by atoms with Crippen molar-refractivity contribution in [2.24, 2.45) is 0 Å². The maximum atomic E-state index is 13.1. The van der Waals surface area contributed by atoms with E-state index >= 15 is 0 Å². The normalized spacial score (nSPS) is 22.3. The van der Waals surface area contributed by atoms with Gasteiger partial charge in [-0.3, -0.25) is 0 Å². The molecule has 2 fully saturated rings. The largest absolute Gasteiger partial charge is 0.369 e. The molecule has 2 aromatic carbocycles. The van der Waals surface area contributed by atoms with E-state index < -0.39 is 28.0 Å². The first-order chi connectivity index (χ1) is 13.8. The molecule has 2 aromatic rings. The topological polar surface area (TPSA) is 79.0 Å². The summed E-state index contributed by atoms with van der Waals surface area (Å²) in [6.07, 6.45) is -0.833. The molecule has 0 aliphatic carbocycles. The third-order valence-corrected chi connectivity index (χ3v) is 7.02. The van der Waals surface area contributed by atoms with Gasteiger partial charge in [-0.1, -0.05) is 18.2 Å². The van der Waals surface area contributed by atoms with Crippen LogP contribution in [0.1, 0.15) is 5.56 Å². The van der Waals surface area contributed by atoms with Crippen molar-refractivity contribution in [3.8, 4) is 0 Å². The molecule has 0 spiro atoms. The molecule has 7 nitrogen and oxygen atoms in total. The van der Waals surface area contributed by atoms with Crippen LogP contribution >= 0.6 is 0 Å². The number of para-hydroxylation sites is 1. The summed E-state index contributed by atoms with van der Waals surface area (Å²) in [4.78, 5) is 14.4. The van der Waals surface area contributed by atoms with E-state index in [-0.39, 0.29) is 24.0 Å². The molecule has 0 aromatic heterocycles. The molecule has 2 heterocycles. The summed E-state index contributed by atoms with van der Waals surface area (Å²) in [5.74, 6) is -0.488. The van der Waals surface area contributed by atoms with Gasteiger partial charge in [-0.05, 0) is 42.8 Å². The Kier molecular flexibility index (Phi) is 5.28. The second kappa shape index (κ2) is 7.74. The number of hydrogen-bond donors (Lipinski definition) is 1. The number of anilines is 1. The van der Waals surface area contributed by atoms with Crippen molar-refractivity contribution in [1.82, 2.24) is 9.21 Å². The lowest BCUT2D eigenvalue weighted by Gasteiger charge is -2.45. The smallest absolute Gasteiger partial charge is 0.322 e. The lowest BCUT2D eigenvalue weighted by atomic mass is 10.1. The Morgan fingerprint density at radius 3 is 2.28 bits per heavy atom. The van der Waals surface area contributed by atoms with Crippen LogP contribution < -0.4 is 5.32 Å². The highest BCUT2D eigenvalue weighted by atomic mass is 32.2. The van der Waals surface area contributed by atoms with Gasteiger partial charge in [0.05, 0.1) is 30.2 Å². The van der Waals surface area contributed by atoms with Crippen molar-refractivity contribution in [3.05, 3.63) is 59.9 Å². The van der Waals surface area contributed by atoms with Crippen molar-refractivity contribution in [1.29, 1.82) is 0 Å². The highest BCUT2D eigenvalue weighted by molar-refractivity contribution is 7.89. The van der Waals surface area contributed by atoms with Crippen LogP contribution in [0.3, 0.4) is 0 Å². The number of urea groups is 1. The van der Waals surface area contributed by atoms with Crippen LogP contribution in [0.15, 0.2) is 53.4 Å². The fourth-order valence-corrected chi connectivity index (χ4v) is 5.18. The lowest BCUT2D eigenvalue weighted by Crippen LogP contribution is -2.61. The fourth-order valence-electron chi connectivity index (χ4n) is 3.68. The summed E-state index contributed by atoms with van der Waals surface area (Å²) < 4.78 is 46.1. The van der Waals surface area contributed by atoms with E-state index in [2.05, 4.69) is 5.32 Å². The first-order valence-corrected chi connectivity index (χ1v) is 10.8. The molecular formula is C20H22FN3O4S. The molecule has 4 rings (SSSR count). The second-order valence-electron chi connectivity index (χ2n) is 7.31. The Balaban J connectivity index is 1.44. The molecule has 2 saturated heterocycles. The van der Waals surface area contributed by atoms with Crippen LogP contribution in [0.5, 0.6) is 0 Å². The Labute approximate surface area is 169 Å². The van der Waals surface area contributed by atoms with Gasteiger partial charge in [-0.25, -0.2) is 17.6 Å². The summed E-state index contributed by atoms with van der Waals surface area (Å²) in [5, 5.41) is 2.91. The average Bonchev–Trinajstić information content (AvgIpc) is 2.69. The number of nitrogens with one attached hydrogen (secondary N) is 1. The zero-order valence-corrected chi connectivity index (χ0v) is 16.7. The Hall–Kier alpha value is -2.49. The number of nitrogens with zero attached hydrogens (tertiary/aromatic N) is 2. The van der Waals surface area contributed by atoms with Crippen molar-refractivity contribution in [2.75, 3.05) is 31.5 Å². The van der Waals surface area contributed by atoms with Crippen molar-refractivity contribution < 1.29 is 22.3 Å². The standard InChI is InChI=1S/C20H22FN3O4S/c1-14-4-2-3-5-19(14)22-20(25)23-10-16-12-24(13-17(11-23)28-16)29(26,27)18-8-6-15(21)7-9-18/h2-9,16-17H,10-13H2,1H3,(H,22,25). The van der Waals surface area contributed by atoms with Gasteiger partial charge >= 0.3 is 6.03 Å². The van der Waals surface area contributed by atoms with E-state index in [1.165, 1.54) is 16.4 Å². The van der Waals surface area contributed by atoms with E-state index in [4.69, 9.17) is 4.74 Å². The zero-order valence-electron chi connectivity index (χ0n) is 15.9. The van der Waals surface area contributed by atoms with Gasteiger partial charge in [0.25, 0.3) is 0 Å². The molecular weight excluding hydrogens is 397 g/mol.